The van der Waals surface area contributed by atoms with Crippen LogP contribution in [0.4, 0.5) is 0 Å². The van der Waals surface area contributed by atoms with E-state index in [2.05, 4.69) is 38.1 Å². The standard InChI is InChI=1S/C22H26OS/c1-4-14-24-15-13-21(19-9-5-17(2)6-10-19)16-22(23)20-11-7-18(3)8-12-20/h5-12,16H,4,13-15H2,1-3H3/b21-16-. The van der Waals surface area contributed by atoms with Gasteiger partial charge in [-0.15, -0.1) is 0 Å². The molecule has 2 rings (SSSR count). The first-order valence-electron chi connectivity index (χ1n) is 8.56. The molecule has 0 saturated heterocycles. The van der Waals surface area contributed by atoms with E-state index < -0.39 is 0 Å². The van der Waals surface area contributed by atoms with Gasteiger partial charge in [0.05, 0.1) is 0 Å². The Bertz CT molecular complexity index is 681. The molecule has 0 N–H and O–H groups in total. The van der Waals surface area contributed by atoms with Crippen molar-refractivity contribution in [1.29, 1.82) is 0 Å². The Balaban J connectivity index is 2.21. The van der Waals surface area contributed by atoms with Crippen molar-refractivity contribution in [3.8, 4) is 0 Å². The van der Waals surface area contributed by atoms with Gasteiger partial charge in [0.1, 0.15) is 0 Å². The summed E-state index contributed by atoms with van der Waals surface area (Å²) in [7, 11) is 0. The smallest absolute Gasteiger partial charge is 0.186 e. The monoisotopic (exact) mass is 338 g/mol. The van der Waals surface area contributed by atoms with E-state index in [4.69, 9.17) is 0 Å². The van der Waals surface area contributed by atoms with Crippen molar-refractivity contribution >= 4 is 23.1 Å². The second kappa shape index (κ2) is 9.48. The number of thioether (sulfide) groups is 1. The van der Waals surface area contributed by atoms with Crippen LogP contribution in [0.1, 0.15) is 46.8 Å². The number of aryl methyl sites for hydroxylation is 2. The van der Waals surface area contributed by atoms with E-state index in [-0.39, 0.29) is 5.78 Å². The lowest BCUT2D eigenvalue weighted by molar-refractivity contribution is 0.104. The Hall–Kier alpha value is -1.80. The molecule has 0 radical (unpaired) electrons. The quantitative estimate of drug-likeness (QED) is 0.328. The predicted octanol–water partition coefficient (Wildman–Crippen LogP) is 6.10. The molecule has 0 fully saturated rings. The zero-order valence-electron chi connectivity index (χ0n) is 14.8. The van der Waals surface area contributed by atoms with Gasteiger partial charge < -0.3 is 0 Å². The molecule has 0 aromatic heterocycles. The highest BCUT2D eigenvalue weighted by Crippen LogP contribution is 2.22. The first-order valence-corrected chi connectivity index (χ1v) is 9.72. The largest absolute Gasteiger partial charge is 0.289 e. The number of rotatable bonds is 8. The van der Waals surface area contributed by atoms with Gasteiger partial charge in [0.25, 0.3) is 0 Å². The molecule has 0 bridgehead atoms. The molecule has 126 valence electrons. The summed E-state index contributed by atoms with van der Waals surface area (Å²) in [5, 5.41) is 0. The predicted molar refractivity (Wildman–Crippen MR) is 107 cm³/mol. The molecule has 2 heteroatoms. The summed E-state index contributed by atoms with van der Waals surface area (Å²) < 4.78 is 0. The Morgan fingerprint density at radius 1 is 0.875 bits per heavy atom. The SMILES string of the molecule is CCCSCC/C(=C/C(=O)c1ccc(C)cc1)c1ccc(C)cc1. The molecule has 0 atom stereocenters. The highest BCUT2D eigenvalue weighted by molar-refractivity contribution is 7.99. The Kier molecular flexibility index (Phi) is 7.33. The summed E-state index contributed by atoms with van der Waals surface area (Å²) in [6.07, 6.45) is 3.93. The van der Waals surface area contributed by atoms with Gasteiger partial charge >= 0.3 is 0 Å². The lowest BCUT2D eigenvalue weighted by Crippen LogP contribution is -1.98. The number of carbonyl (C=O) groups excluding carboxylic acids is 1. The maximum Gasteiger partial charge on any atom is 0.186 e. The van der Waals surface area contributed by atoms with Gasteiger partial charge in [0.15, 0.2) is 5.78 Å². The molecular weight excluding hydrogens is 312 g/mol. The van der Waals surface area contributed by atoms with Gasteiger partial charge in [-0.05, 0) is 55.4 Å². The molecule has 0 aliphatic heterocycles. The summed E-state index contributed by atoms with van der Waals surface area (Å²) in [6, 6.07) is 16.3. The van der Waals surface area contributed by atoms with Crippen LogP contribution in [0, 0.1) is 13.8 Å². The maximum atomic E-state index is 12.6. The summed E-state index contributed by atoms with van der Waals surface area (Å²) in [4.78, 5) is 12.6. The van der Waals surface area contributed by atoms with E-state index >= 15 is 0 Å². The van der Waals surface area contributed by atoms with Gasteiger partial charge in [0, 0.05) is 5.56 Å². The second-order valence-corrected chi connectivity index (χ2v) is 7.35. The van der Waals surface area contributed by atoms with Crippen LogP contribution in [-0.4, -0.2) is 17.3 Å². The molecule has 1 nitrogen and oxygen atoms in total. The van der Waals surface area contributed by atoms with Crippen molar-refractivity contribution < 1.29 is 4.79 Å². The summed E-state index contributed by atoms with van der Waals surface area (Å²) in [5.41, 5.74) is 5.45. The average molecular weight is 339 g/mol. The van der Waals surface area contributed by atoms with Gasteiger partial charge in [-0.1, -0.05) is 66.6 Å². The molecular formula is C22H26OS. The van der Waals surface area contributed by atoms with E-state index in [1.54, 1.807) is 0 Å². The molecule has 0 unspecified atom stereocenters. The van der Waals surface area contributed by atoms with Gasteiger partial charge in [-0.3, -0.25) is 4.79 Å². The van der Waals surface area contributed by atoms with Crippen molar-refractivity contribution in [2.75, 3.05) is 11.5 Å². The molecule has 2 aromatic carbocycles. The molecule has 0 saturated carbocycles. The van der Waals surface area contributed by atoms with E-state index in [0.29, 0.717) is 0 Å². The number of allylic oxidation sites excluding steroid dienone is 2. The van der Waals surface area contributed by atoms with Crippen LogP contribution in [0.15, 0.2) is 54.6 Å². The number of hydrogen-bond acceptors (Lipinski definition) is 2. The van der Waals surface area contributed by atoms with Crippen LogP contribution >= 0.6 is 11.8 Å². The van der Waals surface area contributed by atoms with Crippen molar-refractivity contribution in [1.82, 2.24) is 0 Å². The summed E-state index contributed by atoms with van der Waals surface area (Å²) >= 11 is 1.95. The molecule has 0 spiro atoms. The van der Waals surface area contributed by atoms with Crippen molar-refractivity contribution in [3.05, 3.63) is 76.9 Å². The second-order valence-electron chi connectivity index (χ2n) is 6.13. The third-order valence-electron chi connectivity index (χ3n) is 3.93. The third-order valence-corrected chi connectivity index (χ3v) is 5.12. The van der Waals surface area contributed by atoms with Crippen LogP contribution in [-0.2, 0) is 0 Å². The lowest BCUT2D eigenvalue weighted by Gasteiger charge is -2.09. The molecule has 0 amide bonds. The summed E-state index contributed by atoms with van der Waals surface area (Å²) in [6.45, 7) is 6.32. The molecule has 2 aromatic rings. The Morgan fingerprint density at radius 2 is 1.42 bits per heavy atom. The number of carbonyl (C=O) groups is 1. The number of benzene rings is 2. The highest BCUT2D eigenvalue weighted by Gasteiger charge is 2.08. The number of ketones is 1. The maximum absolute atomic E-state index is 12.6. The van der Waals surface area contributed by atoms with Crippen LogP contribution < -0.4 is 0 Å². The van der Waals surface area contributed by atoms with E-state index in [0.717, 1.165) is 28.9 Å². The minimum atomic E-state index is 0.0890. The fraction of sp³-hybridized carbons (Fsp3) is 0.318. The fourth-order valence-corrected chi connectivity index (χ4v) is 3.31. The van der Waals surface area contributed by atoms with Crippen molar-refractivity contribution in [2.45, 2.75) is 33.6 Å². The van der Waals surface area contributed by atoms with E-state index in [1.807, 2.05) is 49.0 Å². The lowest BCUT2D eigenvalue weighted by atomic mass is 9.99. The zero-order chi connectivity index (χ0) is 17.4. The minimum absolute atomic E-state index is 0.0890. The van der Waals surface area contributed by atoms with Crippen molar-refractivity contribution in [3.63, 3.8) is 0 Å². The molecule has 24 heavy (non-hydrogen) atoms. The number of hydrogen-bond donors (Lipinski definition) is 0. The summed E-state index contributed by atoms with van der Waals surface area (Å²) in [5.74, 6) is 2.31. The van der Waals surface area contributed by atoms with Gasteiger partial charge in [-0.2, -0.15) is 11.8 Å². The van der Waals surface area contributed by atoms with Gasteiger partial charge in [-0.25, -0.2) is 0 Å². The van der Waals surface area contributed by atoms with Crippen LogP contribution in [0.2, 0.25) is 0 Å². The van der Waals surface area contributed by atoms with Crippen LogP contribution in [0.25, 0.3) is 5.57 Å². The van der Waals surface area contributed by atoms with E-state index in [1.165, 1.54) is 23.3 Å². The molecule has 0 heterocycles. The molecule has 0 aliphatic rings. The van der Waals surface area contributed by atoms with Gasteiger partial charge in [0.2, 0.25) is 0 Å². The fourth-order valence-electron chi connectivity index (χ4n) is 2.46. The Morgan fingerprint density at radius 3 is 1.96 bits per heavy atom. The average Bonchev–Trinajstić information content (AvgIpc) is 2.59. The van der Waals surface area contributed by atoms with Crippen LogP contribution in [0.5, 0.6) is 0 Å². The van der Waals surface area contributed by atoms with E-state index in [9.17, 15) is 4.79 Å². The first-order chi connectivity index (χ1) is 11.6. The van der Waals surface area contributed by atoms with Crippen LogP contribution in [0.3, 0.4) is 0 Å². The zero-order valence-corrected chi connectivity index (χ0v) is 15.7. The topological polar surface area (TPSA) is 17.1 Å². The third kappa shape index (κ3) is 5.68. The highest BCUT2D eigenvalue weighted by atomic mass is 32.2. The minimum Gasteiger partial charge on any atom is -0.289 e. The molecule has 0 aliphatic carbocycles. The van der Waals surface area contributed by atoms with Crippen molar-refractivity contribution in [2.24, 2.45) is 0 Å². The first kappa shape index (κ1) is 18.5. The Labute approximate surface area is 150 Å². The normalized spacial score (nSPS) is 11.5.